The van der Waals surface area contributed by atoms with Crippen LogP contribution in [-0.4, -0.2) is 58.6 Å². The summed E-state index contributed by atoms with van der Waals surface area (Å²) in [4.78, 5) is 36.6. The number of urea groups is 1. The maximum Gasteiger partial charge on any atom is 0.342 e. The van der Waals surface area contributed by atoms with Gasteiger partial charge in [0, 0.05) is 12.1 Å². The Morgan fingerprint density at radius 3 is 2.17 bits per heavy atom. The van der Waals surface area contributed by atoms with E-state index in [2.05, 4.69) is 10.6 Å². The first-order valence-corrected chi connectivity index (χ1v) is 8.81. The van der Waals surface area contributed by atoms with E-state index < -0.39 is 24.0 Å². The van der Waals surface area contributed by atoms with Gasteiger partial charge in [-0.25, -0.2) is 14.4 Å². The molecule has 2 amide bonds. The van der Waals surface area contributed by atoms with E-state index in [9.17, 15) is 14.4 Å². The number of rotatable bonds is 8. The molecular weight excluding hydrogens is 384 g/mol. The molecule has 158 valence electrons. The quantitative estimate of drug-likeness (QED) is 0.619. The van der Waals surface area contributed by atoms with Crippen LogP contribution in [0.3, 0.4) is 0 Å². The van der Waals surface area contributed by atoms with Gasteiger partial charge < -0.3 is 34.3 Å². The standard InChI is InChI=1S/C19H24N2O8/c1-6-28-18(23)16-10(2)20-19(24)21-12(16)9-29-17(22)11-7-14(26-4)15(27-5)8-13(11)25-3/h7-8,10H,6,9H2,1-5H3,(H2,20,21,24)/t10-/m0/s1. The van der Waals surface area contributed by atoms with Gasteiger partial charge >= 0.3 is 18.0 Å². The van der Waals surface area contributed by atoms with Crippen molar-refractivity contribution in [2.45, 2.75) is 19.9 Å². The minimum absolute atomic E-state index is 0.0942. The lowest BCUT2D eigenvalue weighted by atomic mass is 10.0. The van der Waals surface area contributed by atoms with Gasteiger partial charge in [0.15, 0.2) is 11.5 Å². The molecule has 0 radical (unpaired) electrons. The van der Waals surface area contributed by atoms with Crippen LogP contribution in [0.25, 0.3) is 0 Å². The molecule has 10 heteroatoms. The minimum Gasteiger partial charge on any atom is -0.496 e. The first-order valence-electron chi connectivity index (χ1n) is 8.81. The van der Waals surface area contributed by atoms with Gasteiger partial charge in [0.1, 0.15) is 17.9 Å². The number of amides is 2. The highest BCUT2D eigenvalue weighted by Crippen LogP contribution is 2.35. The van der Waals surface area contributed by atoms with Gasteiger partial charge in [-0.2, -0.15) is 0 Å². The third-order valence-electron chi connectivity index (χ3n) is 4.14. The molecule has 1 heterocycles. The van der Waals surface area contributed by atoms with E-state index >= 15 is 0 Å². The van der Waals surface area contributed by atoms with E-state index in [-0.39, 0.29) is 35.8 Å². The zero-order valence-electron chi connectivity index (χ0n) is 16.9. The molecule has 29 heavy (non-hydrogen) atoms. The number of nitrogens with one attached hydrogen (secondary N) is 2. The number of carbonyl (C=O) groups excluding carboxylic acids is 3. The summed E-state index contributed by atoms with van der Waals surface area (Å²) in [5, 5.41) is 5.05. The predicted molar refractivity (Wildman–Crippen MR) is 101 cm³/mol. The molecule has 1 atom stereocenters. The van der Waals surface area contributed by atoms with Gasteiger partial charge in [0.05, 0.1) is 45.2 Å². The summed E-state index contributed by atoms with van der Waals surface area (Å²) in [5.41, 5.74) is 0.419. The van der Waals surface area contributed by atoms with Crippen LogP contribution in [0.2, 0.25) is 0 Å². The molecule has 0 saturated heterocycles. The van der Waals surface area contributed by atoms with Gasteiger partial charge in [0.25, 0.3) is 0 Å². The lowest BCUT2D eigenvalue weighted by Gasteiger charge is -2.26. The summed E-state index contributed by atoms with van der Waals surface area (Å²) >= 11 is 0. The number of methoxy groups -OCH3 is 3. The smallest absolute Gasteiger partial charge is 0.342 e. The first kappa shape index (κ1) is 21.9. The Morgan fingerprint density at radius 1 is 0.966 bits per heavy atom. The average Bonchev–Trinajstić information content (AvgIpc) is 2.70. The van der Waals surface area contributed by atoms with Crippen LogP contribution in [0, 0.1) is 0 Å². The van der Waals surface area contributed by atoms with Crippen molar-refractivity contribution in [3.63, 3.8) is 0 Å². The fourth-order valence-electron chi connectivity index (χ4n) is 2.80. The Labute approximate surface area is 168 Å². The molecule has 1 aliphatic rings. The summed E-state index contributed by atoms with van der Waals surface area (Å²) < 4.78 is 25.9. The minimum atomic E-state index is -0.737. The molecule has 0 aromatic heterocycles. The number of benzene rings is 1. The van der Waals surface area contributed by atoms with Crippen molar-refractivity contribution in [3.8, 4) is 17.2 Å². The highest BCUT2D eigenvalue weighted by Gasteiger charge is 2.30. The van der Waals surface area contributed by atoms with E-state index in [0.717, 1.165) is 0 Å². The normalized spacial score (nSPS) is 15.8. The van der Waals surface area contributed by atoms with Crippen LogP contribution in [0.5, 0.6) is 17.2 Å². The average molecular weight is 408 g/mol. The molecule has 0 aliphatic carbocycles. The van der Waals surface area contributed by atoms with Crippen LogP contribution in [0.1, 0.15) is 24.2 Å². The van der Waals surface area contributed by atoms with Crippen molar-refractivity contribution >= 4 is 18.0 Å². The largest absolute Gasteiger partial charge is 0.496 e. The Hall–Kier alpha value is -3.43. The molecule has 1 aromatic carbocycles. The maximum absolute atomic E-state index is 12.6. The SMILES string of the molecule is CCOC(=O)C1=C(COC(=O)c2cc(OC)c(OC)cc2OC)NC(=O)N[C@H]1C. The number of esters is 2. The molecular formula is C19H24N2O8. The van der Waals surface area contributed by atoms with Gasteiger partial charge in [0.2, 0.25) is 0 Å². The van der Waals surface area contributed by atoms with Crippen molar-refractivity contribution in [2.75, 3.05) is 34.5 Å². The molecule has 1 aliphatic heterocycles. The van der Waals surface area contributed by atoms with E-state index in [4.69, 9.17) is 23.7 Å². The van der Waals surface area contributed by atoms with Gasteiger partial charge in [-0.15, -0.1) is 0 Å². The topological polar surface area (TPSA) is 121 Å². The summed E-state index contributed by atoms with van der Waals surface area (Å²) in [5.74, 6) is -0.431. The second-order valence-electron chi connectivity index (χ2n) is 5.92. The Morgan fingerprint density at radius 2 is 1.59 bits per heavy atom. The van der Waals surface area contributed by atoms with Gasteiger partial charge in [-0.1, -0.05) is 0 Å². The highest BCUT2D eigenvalue weighted by molar-refractivity contribution is 5.96. The number of carbonyl (C=O) groups is 3. The van der Waals surface area contributed by atoms with Crippen LogP contribution < -0.4 is 24.8 Å². The monoisotopic (exact) mass is 408 g/mol. The Balaban J connectivity index is 2.29. The zero-order chi connectivity index (χ0) is 21.6. The Kier molecular flexibility index (Phi) is 7.29. The zero-order valence-corrected chi connectivity index (χ0v) is 16.9. The number of hydrogen-bond donors (Lipinski definition) is 2. The third-order valence-corrected chi connectivity index (χ3v) is 4.14. The molecule has 0 bridgehead atoms. The van der Waals surface area contributed by atoms with E-state index in [0.29, 0.717) is 11.5 Å². The van der Waals surface area contributed by atoms with Crippen molar-refractivity contribution in [1.29, 1.82) is 0 Å². The molecule has 2 rings (SSSR count). The summed E-state index contributed by atoms with van der Waals surface area (Å²) in [6.45, 7) is 3.12. The first-order chi connectivity index (χ1) is 13.9. The molecule has 1 aromatic rings. The van der Waals surface area contributed by atoms with Crippen molar-refractivity contribution < 1.29 is 38.1 Å². The van der Waals surface area contributed by atoms with E-state index in [1.807, 2.05) is 0 Å². The van der Waals surface area contributed by atoms with Crippen LogP contribution in [0.15, 0.2) is 23.4 Å². The second-order valence-corrected chi connectivity index (χ2v) is 5.92. The molecule has 0 unspecified atom stereocenters. The predicted octanol–water partition coefficient (Wildman–Crippen LogP) is 1.39. The fourth-order valence-corrected chi connectivity index (χ4v) is 2.80. The molecule has 2 N–H and O–H groups in total. The van der Waals surface area contributed by atoms with Gasteiger partial charge in [-0.3, -0.25) is 0 Å². The number of hydrogen-bond acceptors (Lipinski definition) is 8. The van der Waals surface area contributed by atoms with Crippen LogP contribution in [-0.2, 0) is 14.3 Å². The molecule has 0 spiro atoms. The lowest BCUT2D eigenvalue weighted by molar-refractivity contribution is -0.139. The maximum atomic E-state index is 12.6. The molecule has 0 fully saturated rings. The van der Waals surface area contributed by atoms with Crippen LogP contribution >= 0.6 is 0 Å². The van der Waals surface area contributed by atoms with Crippen molar-refractivity contribution in [3.05, 3.63) is 29.0 Å². The summed E-state index contributed by atoms with van der Waals surface area (Å²) in [6, 6.07) is 1.80. The highest BCUT2D eigenvalue weighted by atomic mass is 16.5. The third kappa shape index (κ3) is 4.89. The van der Waals surface area contributed by atoms with Gasteiger partial charge in [-0.05, 0) is 13.8 Å². The van der Waals surface area contributed by atoms with Crippen molar-refractivity contribution in [2.24, 2.45) is 0 Å². The lowest BCUT2D eigenvalue weighted by Crippen LogP contribution is -2.50. The Bertz CT molecular complexity index is 834. The summed E-state index contributed by atoms with van der Waals surface area (Å²) in [6.07, 6.45) is 0. The van der Waals surface area contributed by atoms with Crippen molar-refractivity contribution in [1.82, 2.24) is 10.6 Å². The number of ether oxygens (including phenoxy) is 5. The van der Waals surface area contributed by atoms with E-state index in [1.165, 1.54) is 33.5 Å². The molecule has 10 nitrogen and oxygen atoms in total. The second kappa shape index (κ2) is 9.67. The van der Waals surface area contributed by atoms with E-state index in [1.54, 1.807) is 13.8 Å². The van der Waals surface area contributed by atoms with Crippen LogP contribution in [0.4, 0.5) is 4.79 Å². The molecule has 0 saturated carbocycles. The fraction of sp³-hybridized carbons (Fsp3) is 0.421. The summed E-state index contributed by atoms with van der Waals surface area (Å²) in [7, 11) is 4.29.